The van der Waals surface area contributed by atoms with E-state index in [1.807, 2.05) is 18.2 Å². The Bertz CT molecular complexity index is 598. The van der Waals surface area contributed by atoms with E-state index in [1.54, 1.807) is 4.90 Å². The number of carbonyl (C=O) groups is 1. The third-order valence-corrected chi connectivity index (χ3v) is 4.31. The van der Waals surface area contributed by atoms with E-state index in [-0.39, 0.29) is 11.2 Å². The van der Waals surface area contributed by atoms with Crippen LogP contribution in [0, 0.1) is 0 Å². The van der Waals surface area contributed by atoms with Gasteiger partial charge in [0.1, 0.15) is 0 Å². The summed E-state index contributed by atoms with van der Waals surface area (Å²) in [7, 11) is 0. The van der Waals surface area contributed by atoms with Gasteiger partial charge in [-0.2, -0.15) is 12.6 Å². The second-order valence-corrected chi connectivity index (χ2v) is 6.15. The molecule has 1 fully saturated rings. The Hall–Kier alpha value is -0.780. The minimum absolute atomic E-state index is 0.0927. The van der Waals surface area contributed by atoms with Crippen molar-refractivity contribution < 1.29 is 4.79 Å². The number of hydrogen-bond donors (Lipinski definition) is 1. The Labute approximate surface area is 113 Å². The number of thiol groups is 1. The normalized spacial score (nSPS) is 20.5. The summed E-state index contributed by atoms with van der Waals surface area (Å²) in [4.78, 5) is 17.9. The van der Waals surface area contributed by atoms with Gasteiger partial charge in [-0.15, -0.1) is 0 Å². The van der Waals surface area contributed by atoms with Crippen LogP contribution in [0.1, 0.15) is 6.42 Å². The number of halogens is 1. The van der Waals surface area contributed by atoms with Crippen molar-refractivity contribution in [2.24, 2.45) is 0 Å². The predicted molar refractivity (Wildman–Crippen MR) is 74.4 cm³/mol. The fourth-order valence-corrected chi connectivity index (χ4v) is 3.34. The molecule has 0 bridgehead atoms. The van der Waals surface area contributed by atoms with Crippen LogP contribution < -0.4 is 4.90 Å². The van der Waals surface area contributed by atoms with Gasteiger partial charge in [0.2, 0.25) is 5.91 Å². The Morgan fingerprint density at radius 2 is 2.35 bits per heavy atom. The van der Waals surface area contributed by atoms with Crippen molar-refractivity contribution in [1.29, 1.82) is 0 Å². The molecule has 2 heterocycles. The number of hydrogen-bond acceptors (Lipinski definition) is 4. The molecule has 1 saturated heterocycles. The average Bonchev–Trinajstić information content (AvgIpc) is 2.80. The lowest BCUT2D eigenvalue weighted by molar-refractivity contribution is -0.117. The Kier molecular flexibility index (Phi) is 2.77. The van der Waals surface area contributed by atoms with Crippen molar-refractivity contribution in [2.75, 3.05) is 11.4 Å². The van der Waals surface area contributed by atoms with Gasteiger partial charge >= 0.3 is 0 Å². The van der Waals surface area contributed by atoms with Crippen molar-refractivity contribution in [2.45, 2.75) is 11.7 Å². The smallest absolute Gasteiger partial charge is 0.229 e. The molecule has 0 saturated carbocycles. The van der Waals surface area contributed by atoms with Gasteiger partial charge in [-0.05, 0) is 18.2 Å². The summed E-state index contributed by atoms with van der Waals surface area (Å²) in [6, 6.07) is 5.58. The van der Waals surface area contributed by atoms with E-state index in [9.17, 15) is 4.79 Å². The minimum Gasteiger partial charge on any atom is -0.287 e. The first-order chi connectivity index (χ1) is 8.13. The van der Waals surface area contributed by atoms with Crippen LogP contribution in [-0.2, 0) is 4.79 Å². The number of aromatic nitrogens is 1. The monoisotopic (exact) mass is 284 g/mol. The molecule has 1 aromatic heterocycles. The summed E-state index contributed by atoms with van der Waals surface area (Å²) in [6.45, 7) is 0.634. The van der Waals surface area contributed by atoms with Crippen molar-refractivity contribution in [3.05, 3.63) is 23.2 Å². The van der Waals surface area contributed by atoms with Gasteiger partial charge in [-0.3, -0.25) is 9.69 Å². The molecule has 3 nitrogen and oxygen atoms in total. The molecule has 3 rings (SSSR count). The average molecular weight is 285 g/mol. The molecule has 1 aliphatic rings. The molecule has 1 unspecified atom stereocenters. The molecule has 0 N–H and O–H groups in total. The van der Waals surface area contributed by atoms with Gasteiger partial charge in [-0.1, -0.05) is 22.9 Å². The summed E-state index contributed by atoms with van der Waals surface area (Å²) >= 11 is 11.8. The largest absolute Gasteiger partial charge is 0.287 e. The van der Waals surface area contributed by atoms with E-state index in [4.69, 9.17) is 11.6 Å². The van der Waals surface area contributed by atoms with Gasteiger partial charge in [-0.25, -0.2) is 4.98 Å². The maximum atomic E-state index is 11.7. The van der Waals surface area contributed by atoms with Crippen LogP contribution in [0.25, 0.3) is 10.2 Å². The molecule has 1 atom stereocenters. The van der Waals surface area contributed by atoms with E-state index in [1.165, 1.54) is 11.3 Å². The third kappa shape index (κ3) is 2.03. The van der Waals surface area contributed by atoms with E-state index in [2.05, 4.69) is 17.6 Å². The molecular weight excluding hydrogens is 276 g/mol. The summed E-state index contributed by atoms with van der Waals surface area (Å²) in [5.74, 6) is 0.0927. The fraction of sp³-hybridized carbons (Fsp3) is 0.273. The number of fused-ring (bicyclic) bond motifs is 1. The first-order valence-electron chi connectivity index (χ1n) is 5.18. The van der Waals surface area contributed by atoms with E-state index < -0.39 is 0 Å². The molecule has 2 aromatic rings. The Morgan fingerprint density at radius 1 is 1.53 bits per heavy atom. The van der Waals surface area contributed by atoms with Gasteiger partial charge < -0.3 is 0 Å². The molecule has 6 heteroatoms. The fourth-order valence-electron chi connectivity index (χ4n) is 1.88. The molecule has 1 aromatic carbocycles. The highest BCUT2D eigenvalue weighted by atomic mass is 35.5. The highest BCUT2D eigenvalue weighted by Crippen LogP contribution is 2.33. The number of amides is 1. The first kappa shape index (κ1) is 11.3. The molecule has 0 spiro atoms. The highest BCUT2D eigenvalue weighted by Gasteiger charge is 2.30. The second-order valence-electron chi connectivity index (χ2n) is 3.97. The molecule has 0 aliphatic carbocycles. The number of anilines is 1. The molecule has 1 amide bonds. The maximum absolute atomic E-state index is 11.7. The van der Waals surface area contributed by atoms with Crippen molar-refractivity contribution >= 4 is 56.8 Å². The van der Waals surface area contributed by atoms with Crippen LogP contribution in [0.3, 0.4) is 0 Å². The quantitative estimate of drug-likeness (QED) is 0.817. The summed E-state index contributed by atoms with van der Waals surface area (Å²) < 4.78 is 1.04. The van der Waals surface area contributed by atoms with Crippen LogP contribution >= 0.6 is 35.6 Å². The zero-order valence-corrected chi connectivity index (χ0v) is 11.2. The minimum atomic E-state index is 0.0927. The number of thiazole rings is 1. The van der Waals surface area contributed by atoms with Crippen LogP contribution in [0.2, 0.25) is 5.02 Å². The molecule has 17 heavy (non-hydrogen) atoms. The number of carbonyl (C=O) groups excluding carboxylic acids is 1. The molecule has 1 aliphatic heterocycles. The summed E-state index contributed by atoms with van der Waals surface area (Å²) in [5.41, 5.74) is 0.841. The topological polar surface area (TPSA) is 33.2 Å². The van der Waals surface area contributed by atoms with Crippen molar-refractivity contribution in [1.82, 2.24) is 4.98 Å². The predicted octanol–water partition coefficient (Wildman–Crippen LogP) is 2.98. The van der Waals surface area contributed by atoms with E-state index >= 15 is 0 Å². The lowest BCUT2D eigenvalue weighted by atomic mass is 10.3. The second kappa shape index (κ2) is 4.15. The van der Waals surface area contributed by atoms with Gasteiger partial charge in [0.25, 0.3) is 0 Å². The van der Waals surface area contributed by atoms with Crippen molar-refractivity contribution in [3.63, 3.8) is 0 Å². The van der Waals surface area contributed by atoms with Crippen molar-refractivity contribution in [3.8, 4) is 0 Å². The summed E-state index contributed by atoms with van der Waals surface area (Å²) in [5, 5.41) is 1.51. The van der Waals surface area contributed by atoms with Gasteiger partial charge in [0.05, 0.1) is 10.2 Å². The highest BCUT2D eigenvalue weighted by molar-refractivity contribution is 7.81. The van der Waals surface area contributed by atoms with Crippen LogP contribution in [0.4, 0.5) is 5.13 Å². The Balaban J connectivity index is 2.03. The van der Waals surface area contributed by atoms with Crippen LogP contribution in [-0.4, -0.2) is 22.7 Å². The van der Waals surface area contributed by atoms with Crippen LogP contribution in [0.5, 0.6) is 0 Å². The molecular formula is C11H9ClN2OS2. The first-order valence-corrected chi connectivity index (χ1v) is 6.89. The van der Waals surface area contributed by atoms with Gasteiger partial charge in [0.15, 0.2) is 5.13 Å². The third-order valence-electron chi connectivity index (χ3n) is 2.67. The number of nitrogens with zero attached hydrogens (tertiary/aromatic N) is 2. The van der Waals surface area contributed by atoms with E-state index in [0.717, 1.165) is 15.3 Å². The maximum Gasteiger partial charge on any atom is 0.229 e. The zero-order chi connectivity index (χ0) is 12.0. The van der Waals surface area contributed by atoms with E-state index in [0.29, 0.717) is 18.0 Å². The summed E-state index contributed by atoms with van der Waals surface area (Å²) in [6.07, 6.45) is 0.486. The SMILES string of the molecule is O=C1CC(S)CN1c1nc2cc(Cl)ccc2s1. The van der Waals surface area contributed by atoms with Gasteiger partial charge in [0, 0.05) is 23.2 Å². The van der Waals surface area contributed by atoms with Crippen LogP contribution in [0.15, 0.2) is 18.2 Å². The molecule has 0 radical (unpaired) electrons. The lowest BCUT2D eigenvalue weighted by Crippen LogP contribution is -2.24. The zero-order valence-electron chi connectivity index (χ0n) is 8.76. The number of rotatable bonds is 1. The number of benzene rings is 1. The lowest BCUT2D eigenvalue weighted by Gasteiger charge is -2.10. The molecule has 88 valence electrons. The Morgan fingerprint density at radius 3 is 3.06 bits per heavy atom. The standard InChI is InChI=1S/C11H9ClN2OS2/c12-6-1-2-9-8(3-6)13-11(17-9)14-5-7(16)4-10(14)15/h1-3,7,16H,4-5H2.